The third-order valence-electron chi connectivity index (χ3n) is 1.66. The quantitative estimate of drug-likeness (QED) is 0.943. The van der Waals surface area contributed by atoms with Crippen molar-refractivity contribution in [1.29, 1.82) is 0 Å². The van der Waals surface area contributed by atoms with Crippen LogP contribution in [0, 0.1) is 0 Å². The molecule has 2 aromatic rings. The Morgan fingerprint density at radius 2 is 2.40 bits per heavy atom. The lowest BCUT2D eigenvalue weighted by molar-refractivity contribution is -0.136. The fourth-order valence-electron chi connectivity index (χ4n) is 1.08. The molecule has 0 radical (unpaired) electrons. The summed E-state index contributed by atoms with van der Waals surface area (Å²) < 4.78 is 5.94. The highest BCUT2D eigenvalue weighted by Crippen LogP contribution is 2.28. The molecule has 0 aromatic carbocycles. The molecule has 0 unspecified atom stereocenters. The third-order valence-corrected chi connectivity index (χ3v) is 3.10. The Morgan fingerprint density at radius 1 is 1.60 bits per heavy atom. The Kier molecular flexibility index (Phi) is 2.88. The van der Waals surface area contributed by atoms with Gasteiger partial charge in [-0.3, -0.25) is 4.79 Å². The third kappa shape index (κ3) is 2.45. The second-order valence-electron chi connectivity index (χ2n) is 2.81. The van der Waals surface area contributed by atoms with Crippen LogP contribution in [0.15, 0.2) is 27.4 Å². The lowest BCUT2D eigenvalue weighted by atomic mass is 10.4. The molecule has 6 heteroatoms. The maximum absolute atomic E-state index is 10.5. The van der Waals surface area contributed by atoms with Gasteiger partial charge in [0.25, 0.3) is 0 Å². The zero-order valence-corrected chi connectivity index (χ0v) is 9.84. The molecule has 2 aromatic heterocycles. The van der Waals surface area contributed by atoms with E-state index in [1.165, 1.54) is 11.3 Å². The number of hydrogen-bond donors (Lipinski definition) is 1. The summed E-state index contributed by atoms with van der Waals surface area (Å²) in [4.78, 5) is 15.3. The summed E-state index contributed by atoms with van der Waals surface area (Å²) in [5.41, 5.74) is 0. The largest absolute Gasteiger partial charge is 0.481 e. The van der Waals surface area contributed by atoms with Gasteiger partial charge in [-0.05, 0) is 28.1 Å². The maximum Gasteiger partial charge on any atom is 0.308 e. The van der Waals surface area contributed by atoms with Gasteiger partial charge in [0.05, 0.1) is 6.42 Å². The first-order valence-electron chi connectivity index (χ1n) is 4.07. The summed E-state index contributed by atoms with van der Waals surface area (Å²) in [5.74, 6) is -0.214. The molecule has 1 N–H and O–H groups in total. The summed E-state index contributed by atoms with van der Waals surface area (Å²) in [5, 5.41) is 9.29. The van der Waals surface area contributed by atoms with E-state index < -0.39 is 5.97 Å². The molecule has 0 amide bonds. The molecule has 4 nitrogen and oxygen atoms in total. The molecule has 0 saturated carbocycles. The van der Waals surface area contributed by atoms with Gasteiger partial charge in [-0.15, -0.1) is 11.3 Å². The van der Waals surface area contributed by atoms with Gasteiger partial charge in [-0.1, -0.05) is 0 Å². The summed E-state index contributed by atoms with van der Waals surface area (Å²) >= 11 is 4.51. The van der Waals surface area contributed by atoms with Crippen LogP contribution < -0.4 is 0 Å². The molecular weight excluding hydrogens is 282 g/mol. The molecule has 0 aliphatic heterocycles. The molecule has 78 valence electrons. The van der Waals surface area contributed by atoms with Crippen molar-refractivity contribution >= 4 is 33.2 Å². The number of halogens is 1. The minimum absolute atomic E-state index is 0.000452. The van der Waals surface area contributed by atoms with Crippen LogP contribution in [0.25, 0.3) is 10.8 Å². The van der Waals surface area contributed by atoms with E-state index in [0.29, 0.717) is 20.3 Å². The van der Waals surface area contributed by atoms with E-state index in [0.717, 1.165) is 0 Å². The van der Waals surface area contributed by atoms with Gasteiger partial charge in [0.1, 0.15) is 0 Å². The van der Waals surface area contributed by atoms with Crippen LogP contribution in [0.4, 0.5) is 0 Å². The van der Waals surface area contributed by atoms with Gasteiger partial charge in [0.2, 0.25) is 0 Å². The van der Waals surface area contributed by atoms with E-state index in [2.05, 4.69) is 20.9 Å². The molecule has 0 aliphatic carbocycles. The smallest absolute Gasteiger partial charge is 0.308 e. The van der Waals surface area contributed by atoms with E-state index in [9.17, 15) is 4.79 Å². The van der Waals surface area contributed by atoms with Crippen molar-refractivity contribution in [3.05, 3.63) is 27.9 Å². The highest BCUT2D eigenvalue weighted by atomic mass is 79.9. The molecular formula is C9H6BrNO3S. The lowest BCUT2D eigenvalue weighted by Crippen LogP contribution is -1.97. The molecule has 0 spiro atoms. The van der Waals surface area contributed by atoms with Crippen LogP contribution in [0.1, 0.15) is 4.88 Å². The average molecular weight is 288 g/mol. The number of furan rings is 1. The Balaban J connectivity index is 2.23. The number of hydrogen-bond acceptors (Lipinski definition) is 4. The van der Waals surface area contributed by atoms with E-state index in [4.69, 9.17) is 9.52 Å². The number of thiazole rings is 1. The first-order chi connectivity index (χ1) is 7.15. The second kappa shape index (κ2) is 4.16. The molecule has 2 heterocycles. The molecule has 0 saturated heterocycles. The SMILES string of the molecule is O=C(O)Cc1cnc(-c2ccc(Br)o2)s1. The normalized spacial score (nSPS) is 10.5. The second-order valence-corrected chi connectivity index (χ2v) is 4.70. The predicted molar refractivity (Wildman–Crippen MR) is 58.9 cm³/mol. The van der Waals surface area contributed by atoms with E-state index >= 15 is 0 Å². The van der Waals surface area contributed by atoms with Crippen LogP contribution in [-0.4, -0.2) is 16.1 Å². The fourth-order valence-corrected chi connectivity index (χ4v) is 2.25. The predicted octanol–water partition coefficient (Wildman–Crippen LogP) is 2.79. The Labute approximate surface area is 97.7 Å². The van der Waals surface area contributed by atoms with Crippen molar-refractivity contribution in [2.24, 2.45) is 0 Å². The van der Waals surface area contributed by atoms with E-state index in [-0.39, 0.29) is 6.42 Å². The van der Waals surface area contributed by atoms with Crippen LogP contribution in [0.2, 0.25) is 0 Å². The first-order valence-corrected chi connectivity index (χ1v) is 5.68. The topological polar surface area (TPSA) is 63.3 Å². The minimum Gasteiger partial charge on any atom is -0.481 e. The van der Waals surface area contributed by atoms with Crippen molar-refractivity contribution in [2.45, 2.75) is 6.42 Å². The maximum atomic E-state index is 10.5. The van der Waals surface area contributed by atoms with E-state index in [1.54, 1.807) is 18.3 Å². The summed E-state index contributed by atoms with van der Waals surface area (Å²) in [6.45, 7) is 0. The summed E-state index contributed by atoms with van der Waals surface area (Å²) in [6.07, 6.45) is 1.56. The van der Waals surface area contributed by atoms with Crippen LogP contribution in [-0.2, 0) is 11.2 Å². The first kappa shape index (κ1) is 10.4. The van der Waals surface area contributed by atoms with Gasteiger partial charge in [-0.25, -0.2) is 4.98 Å². The number of aliphatic carboxylic acids is 1. The zero-order valence-electron chi connectivity index (χ0n) is 7.44. The highest BCUT2D eigenvalue weighted by Gasteiger charge is 2.10. The van der Waals surface area contributed by atoms with Crippen LogP contribution >= 0.6 is 27.3 Å². The van der Waals surface area contributed by atoms with Crippen molar-refractivity contribution in [2.75, 3.05) is 0 Å². The zero-order chi connectivity index (χ0) is 10.8. The minimum atomic E-state index is -0.856. The van der Waals surface area contributed by atoms with Crippen molar-refractivity contribution in [3.63, 3.8) is 0 Å². The number of rotatable bonds is 3. The molecule has 0 aliphatic rings. The monoisotopic (exact) mass is 287 g/mol. The number of aromatic nitrogens is 1. The number of carboxylic acids is 1. The Hall–Kier alpha value is -1.14. The van der Waals surface area contributed by atoms with E-state index in [1.807, 2.05) is 0 Å². The molecule has 2 rings (SSSR count). The summed E-state index contributed by atoms with van der Waals surface area (Å²) in [7, 11) is 0. The van der Waals surface area contributed by atoms with Crippen molar-refractivity contribution in [1.82, 2.24) is 4.98 Å². The van der Waals surface area contributed by atoms with Crippen molar-refractivity contribution < 1.29 is 14.3 Å². The highest BCUT2D eigenvalue weighted by molar-refractivity contribution is 9.10. The number of carbonyl (C=O) groups is 1. The van der Waals surface area contributed by atoms with Gasteiger partial charge in [0.15, 0.2) is 15.4 Å². The van der Waals surface area contributed by atoms with Gasteiger partial charge < -0.3 is 9.52 Å². The standard InChI is InChI=1S/C9H6BrNO3S/c10-7-2-1-6(14-7)9-11-4-5(15-9)3-8(12)13/h1-2,4H,3H2,(H,12,13). The molecule has 0 fully saturated rings. The number of carboxylic acid groups (broad SMARTS) is 1. The van der Waals surface area contributed by atoms with Crippen molar-refractivity contribution in [3.8, 4) is 10.8 Å². The fraction of sp³-hybridized carbons (Fsp3) is 0.111. The summed E-state index contributed by atoms with van der Waals surface area (Å²) in [6, 6.07) is 3.56. The molecule has 0 atom stereocenters. The van der Waals surface area contributed by atoms with Gasteiger partial charge in [0, 0.05) is 11.1 Å². The van der Waals surface area contributed by atoms with Gasteiger partial charge in [-0.2, -0.15) is 0 Å². The lowest BCUT2D eigenvalue weighted by Gasteiger charge is -1.87. The average Bonchev–Trinajstić information content (AvgIpc) is 2.72. The van der Waals surface area contributed by atoms with Crippen LogP contribution in [0.5, 0.6) is 0 Å². The Morgan fingerprint density at radius 3 is 3.00 bits per heavy atom. The Bertz CT molecular complexity index is 491. The molecule has 15 heavy (non-hydrogen) atoms. The van der Waals surface area contributed by atoms with Crippen LogP contribution in [0.3, 0.4) is 0 Å². The number of nitrogens with zero attached hydrogens (tertiary/aromatic N) is 1. The van der Waals surface area contributed by atoms with Gasteiger partial charge >= 0.3 is 5.97 Å². The molecule has 0 bridgehead atoms.